The standard InChI is InChI=1S/C17H28N6/c1-22-8-10-23(11-9-22)16-15(6-3-7-19-16)13-21-17(18)20-12-14-4-2-5-14/h3,6-7,14H,2,4-5,8-13H2,1H3,(H3,18,20,21). The van der Waals surface area contributed by atoms with Gasteiger partial charge in [-0.15, -0.1) is 0 Å². The molecule has 23 heavy (non-hydrogen) atoms. The predicted octanol–water partition coefficient (Wildman–Crippen LogP) is 1.04. The number of nitrogens with one attached hydrogen (secondary N) is 1. The van der Waals surface area contributed by atoms with Crippen LogP contribution in [0.5, 0.6) is 0 Å². The van der Waals surface area contributed by atoms with Gasteiger partial charge in [0.15, 0.2) is 5.96 Å². The van der Waals surface area contributed by atoms with Crippen molar-refractivity contribution in [3.05, 3.63) is 23.9 Å². The van der Waals surface area contributed by atoms with Crippen molar-refractivity contribution >= 4 is 11.8 Å². The second-order valence-corrected chi connectivity index (χ2v) is 6.66. The van der Waals surface area contributed by atoms with Gasteiger partial charge in [0, 0.05) is 44.5 Å². The van der Waals surface area contributed by atoms with Gasteiger partial charge in [0.25, 0.3) is 0 Å². The average Bonchev–Trinajstić information content (AvgIpc) is 2.52. The summed E-state index contributed by atoms with van der Waals surface area (Å²) in [6.45, 7) is 5.71. The maximum absolute atomic E-state index is 5.99. The molecule has 0 aromatic carbocycles. The van der Waals surface area contributed by atoms with Gasteiger partial charge in [0.05, 0.1) is 6.54 Å². The zero-order valence-electron chi connectivity index (χ0n) is 14.0. The molecular formula is C17H28N6. The first-order valence-electron chi connectivity index (χ1n) is 8.63. The summed E-state index contributed by atoms with van der Waals surface area (Å²) in [5, 5.41) is 3.25. The second kappa shape index (κ2) is 7.64. The summed E-state index contributed by atoms with van der Waals surface area (Å²) in [6.07, 6.45) is 5.85. The van der Waals surface area contributed by atoms with Gasteiger partial charge in [0.2, 0.25) is 0 Å². The van der Waals surface area contributed by atoms with E-state index in [4.69, 9.17) is 5.73 Å². The van der Waals surface area contributed by atoms with E-state index in [0.29, 0.717) is 12.5 Å². The molecule has 1 saturated heterocycles. The van der Waals surface area contributed by atoms with E-state index in [1.807, 2.05) is 12.3 Å². The minimum absolute atomic E-state index is 0.546. The monoisotopic (exact) mass is 316 g/mol. The van der Waals surface area contributed by atoms with Gasteiger partial charge in [0.1, 0.15) is 5.82 Å². The van der Waals surface area contributed by atoms with Crippen LogP contribution in [0.1, 0.15) is 24.8 Å². The first-order chi connectivity index (χ1) is 11.2. The number of hydrogen-bond acceptors (Lipinski definition) is 4. The van der Waals surface area contributed by atoms with Crippen LogP contribution in [0.2, 0.25) is 0 Å². The molecule has 0 atom stereocenters. The molecule has 0 spiro atoms. The quantitative estimate of drug-likeness (QED) is 0.627. The minimum Gasteiger partial charge on any atom is -0.370 e. The van der Waals surface area contributed by atoms with E-state index in [2.05, 4.69) is 38.2 Å². The van der Waals surface area contributed by atoms with Gasteiger partial charge in [-0.05, 0) is 31.9 Å². The highest BCUT2D eigenvalue weighted by Crippen LogP contribution is 2.25. The molecule has 1 aromatic heterocycles. The number of anilines is 1. The highest BCUT2D eigenvalue weighted by molar-refractivity contribution is 5.77. The Bertz CT molecular complexity index is 532. The van der Waals surface area contributed by atoms with Crippen molar-refractivity contribution in [1.29, 1.82) is 0 Å². The van der Waals surface area contributed by atoms with Crippen LogP contribution in [0.25, 0.3) is 0 Å². The molecule has 6 nitrogen and oxygen atoms in total. The van der Waals surface area contributed by atoms with E-state index < -0.39 is 0 Å². The Morgan fingerprint density at radius 2 is 2.13 bits per heavy atom. The summed E-state index contributed by atoms with van der Waals surface area (Å²) in [5.74, 6) is 2.38. The lowest BCUT2D eigenvalue weighted by Crippen LogP contribution is -2.45. The van der Waals surface area contributed by atoms with Crippen LogP contribution < -0.4 is 16.0 Å². The van der Waals surface area contributed by atoms with Crippen LogP contribution in [0.4, 0.5) is 5.82 Å². The minimum atomic E-state index is 0.546. The summed E-state index contributed by atoms with van der Waals surface area (Å²) in [7, 11) is 2.16. The van der Waals surface area contributed by atoms with E-state index in [1.54, 1.807) is 0 Å². The fourth-order valence-electron chi connectivity index (χ4n) is 3.03. The van der Waals surface area contributed by atoms with Crippen LogP contribution in [-0.4, -0.2) is 55.6 Å². The van der Waals surface area contributed by atoms with Crippen LogP contribution in [0.15, 0.2) is 23.3 Å². The van der Waals surface area contributed by atoms with Crippen molar-refractivity contribution in [3.63, 3.8) is 0 Å². The zero-order chi connectivity index (χ0) is 16.1. The van der Waals surface area contributed by atoms with Crippen molar-refractivity contribution in [3.8, 4) is 0 Å². The molecule has 0 unspecified atom stereocenters. The number of nitrogens with two attached hydrogens (primary N) is 1. The zero-order valence-corrected chi connectivity index (χ0v) is 14.0. The fraction of sp³-hybridized carbons (Fsp3) is 0.647. The Hall–Kier alpha value is -1.82. The van der Waals surface area contributed by atoms with Crippen LogP contribution >= 0.6 is 0 Å². The third-order valence-corrected chi connectivity index (χ3v) is 4.89. The number of guanidine groups is 1. The topological polar surface area (TPSA) is 69.8 Å². The Kier molecular flexibility index (Phi) is 5.33. The maximum Gasteiger partial charge on any atom is 0.188 e. The lowest BCUT2D eigenvalue weighted by atomic mass is 9.85. The molecule has 1 saturated carbocycles. The van der Waals surface area contributed by atoms with Gasteiger partial charge in [-0.25, -0.2) is 9.98 Å². The van der Waals surface area contributed by atoms with E-state index in [9.17, 15) is 0 Å². The number of aromatic nitrogens is 1. The molecule has 0 radical (unpaired) electrons. The van der Waals surface area contributed by atoms with Gasteiger partial charge >= 0.3 is 0 Å². The molecule has 1 aromatic rings. The largest absolute Gasteiger partial charge is 0.370 e. The van der Waals surface area contributed by atoms with Gasteiger partial charge in [-0.2, -0.15) is 0 Å². The number of nitrogens with zero attached hydrogens (tertiary/aromatic N) is 4. The molecule has 1 aliphatic heterocycles. The smallest absolute Gasteiger partial charge is 0.188 e. The second-order valence-electron chi connectivity index (χ2n) is 6.66. The first kappa shape index (κ1) is 16.1. The molecule has 1 aliphatic carbocycles. The number of pyridine rings is 1. The Morgan fingerprint density at radius 3 is 2.83 bits per heavy atom. The first-order valence-corrected chi connectivity index (χ1v) is 8.63. The van der Waals surface area contributed by atoms with E-state index in [0.717, 1.165) is 50.0 Å². The Balaban J connectivity index is 1.58. The number of aliphatic imine (C=N–C) groups is 1. The molecule has 2 aliphatic rings. The lowest BCUT2D eigenvalue weighted by Gasteiger charge is -2.34. The van der Waals surface area contributed by atoms with Crippen LogP contribution in [-0.2, 0) is 6.54 Å². The van der Waals surface area contributed by atoms with Crippen LogP contribution in [0.3, 0.4) is 0 Å². The van der Waals surface area contributed by atoms with Crippen molar-refractivity contribution in [2.24, 2.45) is 16.6 Å². The molecular weight excluding hydrogens is 288 g/mol. The molecule has 0 bridgehead atoms. The maximum atomic E-state index is 5.99. The molecule has 2 fully saturated rings. The highest BCUT2D eigenvalue weighted by atomic mass is 15.3. The Labute approximate surface area is 138 Å². The number of rotatable bonds is 5. The third kappa shape index (κ3) is 4.34. The molecule has 6 heteroatoms. The summed E-state index contributed by atoms with van der Waals surface area (Å²) in [5.41, 5.74) is 7.14. The summed E-state index contributed by atoms with van der Waals surface area (Å²) < 4.78 is 0. The Morgan fingerprint density at radius 1 is 1.35 bits per heavy atom. The molecule has 3 rings (SSSR count). The van der Waals surface area contributed by atoms with E-state index in [-0.39, 0.29) is 0 Å². The van der Waals surface area contributed by atoms with Crippen molar-refractivity contribution in [2.45, 2.75) is 25.8 Å². The summed E-state index contributed by atoms with van der Waals surface area (Å²) >= 11 is 0. The molecule has 3 N–H and O–H groups in total. The van der Waals surface area contributed by atoms with Crippen molar-refractivity contribution in [1.82, 2.24) is 15.2 Å². The van der Waals surface area contributed by atoms with Crippen LogP contribution in [0, 0.1) is 5.92 Å². The average molecular weight is 316 g/mol. The third-order valence-electron chi connectivity index (χ3n) is 4.89. The van der Waals surface area contributed by atoms with E-state index in [1.165, 1.54) is 19.3 Å². The molecule has 2 heterocycles. The SMILES string of the molecule is CN1CCN(c2ncccc2CN=C(N)NCC2CCC2)CC1. The van der Waals surface area contributed by atoms with Crippen molar-refractivity contribution in [2.75, 3.05) is 44.7 Å². The fourth-order valence-corrected chi connectivity index (χ4v) is 3.03. The summed E-state index contributed by atoms with van der Waals surface area (Å²) in [4.78, 5) is 13.8. The predicted molar refractivity (Wildman–Crippen MR) is 94.6 cm³/mol. The lowest BCUT2D eigenvalue weighted by molar-refractivity contribution is 0.312. The van der Waals surface area contributed by atoms with Gasteiger partial charge in [-0.1, -0.05) is 12.5 Å². The van der Waals surface area contributed by atoms with Gasteiger partial charge < -0.3 is 20.9 Å². The number of likely N-dealkylation sites (N-methyl/N-ethyl adjacent to an activating group) is 1. The van der Waals surface area contributed by atoms with E-state index >= 15 is 0 Å². The number of hydrogen-bond donors (Lipinski definition) is 2. The number of piperazine rings is 1. The molecule has 126 valence electrons. The van der Waals surface area contributed by atoms with Crippen molar-refractivity contribution < 1.29 is 0 Å². The highest BCUT2D eigenvalue weighted by Gasteiger charge is 2.18. The molecule has 0 amide bonds. The summed E-state index contributed by atoms with van der Waals surface area (Å²) in [6, 6.07) is 4.08. The normalized spacial score (nSPS) is 20.4. The van der Waals surface area contributed by atoms with Gasteiger partial charge in [-0.3, -0.25) is 0 Å².